The maximum atomic E-state index is 12.6. The van der Waals surface area contributed by atoms with Crippen molar-refractivity contribution < 1.29 is 14.0 Å². The molecule has 0 radical (unpaired) electrons. The fraction of sp³-hybridized carbons (Fsp3) is 0.429. The molecule has 1 N–H and O–H groups in total. The van der Waals surface area contributed by atoms with E-state index in [4.69, 9.17) is 4.42 Å². The number of rotatable bonds is 9. The summed E-state index contributed by atoms with van der Waals surface area (Å²) in [6, 6.07) is 13.8. The molecule has 5 nitrogen and oxygen atoms in total. The molecule has 0 atom stereocenters. The van der Waals surface area contributed by atoms with Crippen molar-refractivity contribution in [3.8, 4) is 0 Å². The highest BCUT2D eigenvalue weighted by Gasteiger charge is 2.30. The first-order valence-corrected chi connectivity index (χ1v) is 9.34. The molecule has 0 aliphatic heterocycles. The third kappa shape index (κ3) is 5.22. The molecular weight excluding hydrogens is 328 g/mol. The van der Waals surface area contributed by atoms with Gasteiger partial charge >= 0.3 is 0 Å². The van der Waals surface area contributed by atoms with Crippen LogP contribution in [0.1, 0.15) is 37.0 Å². The van der Waals surface area contributed by atoms with E-state index in [1.807, 2.05) is 30.3 Å². The Hall–Kier alpha value is -2.56. The molecule has 1 heterocycles. The Morgan fingerprint density at radius 1 is 1.12 bits per heavy atom. The Morgan fingerprint density at radius 2 is 1.92 bits per heavy atom. The number of nitrogens with zero attached hydrogens (tertiary/aromatic N) is 1. The predicted octanol–water partition coefficient (Wildman–Crippen LogP) is 3.16. The van der Waals surface area contributed by atoms with Crippen LogP contribution in [0.5, 0.6) is 0 Å². The van der Waals surface area contributed by atoms with Gasteiger partial charge in [0.1, 0.15) is 5.76 Å². The molecule has 1 aliphatic rings. The highest BCUT2D eigenvalue weighted by atomic mass is 16.3. The normalized spacial score (nSPS) is 13.8. The zero-order chi connectivity index (χ0) is 18.2. The molecule has 2 aromatic rings. The van der Waals surface area contributed by atoms with Gasteiger partial charge in [0, 0.05) is 25.4 Å². The topological polar surface area (TPSA) is 62.6 Å². The molecule has 1 aliphatic carbocycles. The van der Waals surface area contributed by atoms with Gasteiger partial charge in [-0.3, -0.25) is 9.59 Å². The van der Waals surface area contributed by atoms with Crippen LogP contribution in [-0.2, 0) is 22.6 Å². The Labute approximate surface area is 154 Å². The van der Waals surface area contributed by atoms with Crippen molar-refractivity contribution in [2.75, 3.05) is 13.1 Å². The SMILES string of the molecule is O=C(CCN(Cc1ccco1)C(=O)C1CCC1)NCCc1ccccc1. The first-order valence-electron chi connectivity index (χ1n) is 9.34. The molecule has 26 heavy (non-hydrogen) atoms. The van der Waals surface area contributed by atoms with E-state index in [1.54, 1.807) is 11.2 Å². The molecule has 0 saturated heterocycles. The summed E-state index contributed by atoms with van der Waals surface area (Å²) < 4.78 is 5.37. The van der Waals surface area contributed by atoms with E-state index in [1.165, 1.54) is 5.56 Å². The van der Waals surface area contributed by atoms with Crippen molar-refractivity contribution in [3.05, 3.63) is 60.1 Å². The molecule has 5 heteroatoms. The number of nitrogens with one attached hydrogen (secondary N) is 1. The van der Waals surface area contributed by atoms with Gasteiger partial charge in [0.05, 0.1) is 12.8 Å². The van der Waals surface area contributed by atoms with E-state index in [0.29, 0.717) is 26.1 Å². The zero-order valence-corrected chi connectivity index (χ0v) is 15.0. The standard InChI is InChI=1S/C21H26N2O3/c24-20(22-13-11-17-6-2-1-3-7-17)12-14-23(16-19-10-5-15-26-19)21(25)18-8-4-9-18/h1-3,5-7,10,15,18H,4,8-9,11-14,16H2,(H,22,24). The largest absolute Gasteiger partial charge is 0.467 e. The number of carbonyl (C=O) groups excluding carboxylic acids is 2. The van der Waals surface area contributed by atoms with Gasteiger partial charge in [-0.25, -0.2) is 0 Å². The van der Waals surface area contributed by atoms with Gasteiger partial charge in [-0.1, -0.05) is 36.8 Å². The van der Waals surface area contributed by atoms with Crippen molar-refractivity contribution in [3.63, 3.8) is 0 Å². The fourth-order valence-corrected chi connectivity index (χ4v) is 3.09. The fourth-order valence-electron chi connectivity index (χ4n) is 3.09. The van der Waals surface area contributed by atoms with Gasteiger partial charge < -0.3 is 14.6 Å². The van der Waals surface area contributed by atoms with Crippen LogP contribution >= 0.6 is 0 Å². The molecule has 1 aromatic heterocycles. The van der Waals surface area contributed by atoms with Crippen LogP contribution in [0, 0.1) is 5.92 Å². The van der Waals surface area contributed by atoms with E-state index in [-0.39, 0.29) is 17.7 Å². The number of amides is 2. The minimum absolute atomic E-state index is 0.0215. The Morgan fingerprint density at radius 3 is 2.58 bits per heavy atom. The third-order valence-electron chi connectivity index (χ3n) is 4.88. The highest BCUT2D eigenvalue weighted by molar-refractivity contribution is 5.81. The summed E-state index contributed by atoms with van der Waals surface area (Å²) >= 11 is 0. The minimum atomic E-state index is -0.0215. The molecule has 1 saturated carbocycles. The van der Waals surface area contributed by atoms with Gasteiger partial charge in [-0.05, 0) is 37.0 Å². The smallest absolute Gasteiger partial charge is 0.226 e. The van der Waals surface area contributed by atoms with Crippen LogP contribution in [0.2, 0.25) is 0 Å². The van der Waals surface area contributed by atoms with Crippen molar-refractivity contribution >= 4 is 11.8 Å². The molecule has 0 bridgehead atoms. The van der Waals surface area contributed by atoms with Crippen LogP contribution in [0.15, 0.2) is 53.1 Å². The lowest BCUT2D eigenvalue weighted by molar-refractivity contribution is -0.139. The van der Waals surface area contributed by atoms with Crippen LogP contribution < -0.4 is 5.32 Å². The van der Waals surface area contributed by atoms with Crippen LogP contribution in [0.4, 0.5) is 0 Å². The van der Waals surface area contributed by atoms with E-state index in [0.717, 1.165) is 31.4 Å². The Bertz CT molecular complexity index is 693. The number of hydrogen-bond donors (Lipinski definition) is 1. The summed E-state index contributed by atoms with van der Waals surface area (Å²) in [6.07, 6.45) is 5.76. The highest BCUT2D eigenvalue weighted by Crippen LogP contribution is 2.28. The van der Waals surface area contributed by atoms with Gasteiger partial charge in [-0.2, -0.15) is 0 Å². The van der Waals surface area contributed by atoms with Crippen molar-refractivity contribution in [1.82, 2.24) is 10.2 Å². The van der Waals surface area contributed by atoms with Gasteiger partial charge in [-0.15, -0.1) is 0 Å². The monoisotopic (exact) mass is 354 g/mol. The van der Waals surface area contributed by atoms with E-state index in [9.17, 15) is 9.59 Å². The second-order valence-corrected chi connectivity index (χ2v) is 6.80. The maximum absolute atomic E-state index is 12.6. The summed E-state index contributed by atoms with van der Waals surface area (Å²) in [5.41, 5.74) is 1.20. The summed E-state index contributed by atoms with van der Waals surface area (Å²) in [6.45, 7) is 1.46. The second-order valence-electron chi connectivity index (χ2n) is 6.80. The average molecular weight is 354 g/mol. The van der Waals surface area contributed by atoms with Gasteiger partial charge in [0.25, 0.3) is 0 Å². The lowest BCUT2D eigenvalue weighted by atomic mass is 9.84. The summed E-state index contributed by atoms with van der Waals surface area (Å²) in [5.74, 6) is 0.991. The minimum Gasteiger partial charge on any atom is -0.467 e. The molecule has 2 amide bonds. The number of furan rings is 1. The van der Waals surface area contributed by atoms with Crippen molar-refractivity contribution in [2.45, 2.75) is 38.6 Å². The Kier molecular flexibility index (Phi) is 6.47. The quantitative estimate of drug-likeness (QED) is 0.752. The molecule has 0 spiro atoms. The van der Waals surface area contributed by atoms with Gasteiger partial charge in [0.2, 0.25) is 11.8 Å². The number of hydrogen-bond acceptors (Lipinski definition) is 3. The van der Waals surface area contributed by atoms with E-state index < -0.39 is 0 Å². The first kappa shape index (κ1) is 18.2. The van der Waals surface area contributed by atoms with Crippen LogP contribution in [0.25, 0.3) is 0 Å². The lowest BCUT2D eigenvalue weighted by Crippen LogP contribution is -2.40. The van der Waals surface area contributed by atoms with Gasteiger partial charge in [0.15, 0.2) is 0 Å². The Balaban J connectivity index is 1.45. The summed E-state index contributed by atoms with van der Waals surface area (Å²) in [7, 11) is 0. The average Bonchev–Trinajstić information content (AvgIpc) is 3.11. The second kappa shape index (κ2) is 9.22. The molecule has 3 rings (SSSR count). The zero-order valence-electron chi connectivity index (χ0n) is 15.0. The number of carbonyl (C=O) groups is 2. The van der Waals surface area contributed by atoms with Crippen LogP contribution in [0.3, 0.4) is 0 Å². The molecule has 0 unspecified atom stereocenters. The first-order chi connectivity index (χ1) is 12.7. The number of benzene rings is 1. The summed E-state index contributed by atoms with van der Waals surface area (Å²) in [4.78, 5) is 26.5. The summed E-state index contributed by atoms with van der Waals surface area (Å²) in [5, 5.41) is 2.94. The molecule has 1 fully saturated rings. The molecule has 1 aromatic carbocycles. The molecule has 138 valence electrons. The molecular formula is C21H26N2O3. The van der Waals surface area contributed by atoms with Crippen molar-refractivity contribution in [1.29, 1.82) is 0 Å². The third-order valence-corrected chi connectivity index (χ3v) is 4.88. The predicted molar refractivity (Wildman–Crippen MR) is 99.2 cm³/mol. The van der Waals surface area contributed by atoms with E-state index >= 15 is 0 Å². The lowest BCUT2D eigenvalue weighted by Gasteiger charge is -2.31. The van der Waals surface area contributed by atoms with Crippen LogP contribution in [-0.4, -0.2) is 29.8 Å². The maximum Gasteiger partial charge on any atom is 0.226 e. The van der Waals surface area contributed by atoms with Crippen molar-refractivity contribution in [2.24, 2.45) is 5.92 Å². The van der Waals surface area contributed by atoms with E-state index in [2.05, 4.69) is 17.4 Å².